The number of amides is 2. The molecule has 1 aromatic heterocycles. The summed E-state index contributed by atoms with van der Waals surface area (Å²) in [5.74, 6) is 0.673. The molecule has 2 amide bonds. The number of aromatic nitrogens is 3. The summed E-state index contributed by atoms with van der Waals surface area (Å²) < 4.78 is 12.7. The second-order valence-electron chi connectivity index (χ2n) is 6.91. The van der Waals surface area contributed by atoms with Gasteiger partial charge in [-0.25, -0.2) is 9.48 Å². The van der Waals surface area contributed by atoms with E-state index in [2.05, 4.69) is 15.4 Å². The zero-order valence-corrected chi connectivity index (χ0v) is 17.8. The fourth-order valence-corrected chi connectivity index (χ4v) is 2.68. The van der Waals surface area contributed by atoms with Gasteiger partial charge in [-0.15, -0.1) is 5.10 Å². The van der Waals surface area contributed by atoms with Crippen molar-refractivity contribution in [2.75, 3.05) is 39.2 Å². The summed E-state index contributed by atoms with van der Waals surface area (Å²) in [6.07, 6.45) is 0. The van der Waals surface area contributed by atoms with E-state index in [9.17, 15) is 4.79 Å². The molecule has 8 nitrogen and oxygen atoms in total. The SMILES string of the molecule is CCOCCOc1nc(-c2ccc(C)cc2)n(-c2ccc(NC(=O)N(C)C)cc2)n1. The fraction of sp³-hybridized carbons (Fsp3) is 0.318. The van der Waals surface area contributed by atoms with E-state index in [4.69, 9.17) is 9.47 Å². The minimum absolute atomic E-state index is 0.186. The van der Waals surface area contributed by atoms with Crippen molar-refractivity contribution in [1.29, 1.82) is 0 Å². The Morgan fingerprint density at radius 1 is 1.07 bits per heavy atom. The van der Waals surface area contributed by atoms with Crippen LogP contribution in [0.25, 0.3) is 17.1 Å². The van der Waals surface area contributed by atoms with Gasteiger partial charge in [-0.2, -0.15) is 4.98 Å². The number of anilines is 1. The van der Waals surface area contributed by atoms with Crippen LogP contribution in [0, 0.1) is 6.92 Å². The second-order valence-corrected chi connectivity index (χ2v) is 6.91. The summed E-state index contributed by atoms with van der Waals surface area (Å²) in [5, 5.41) is 7.35. The summed E-state index contributed by atoms with van der Waals surface area (Å²) in [4.78, 5) is 17.9. The average Bonchev–Trinajstić information content (AvgIpc) is 3.16. The van der Waals surface area contributed by atoms with E-state index in [1.165, 1.54) is 10.5 Å². The van der Waals surface area contributed by atoms with Gasteiger partial charge in [0, 0.05) is 32.0 Å². The van der Waals surface area contributed by atoms with Crippen molar-refractivity contribution in [3.05, 3.63) is 54.1 Å². The third kappa shape index (κ3) is 5.36. The van der Waals surface area contributed by atoms with Crippen LogP contribution in [0.3, 0.4) is 0 Å². The van der Waals surface area contributed by atoms with Crippen LogP contribution in [0.15, 0.2) is 48.5 Å². The van der Waals surface area contributed by atoms with Crippen LogP contribution in [0.1, 0.15) is 12.5 Å². The van der Waals surface area contributed by atoms with Crippen LogP contribution in [-0.4, -0.2) is 59.6 Å². The molecule has 2 aromatic carbocycles. The number of urea groups is 1. The van der Waals surface area contributed by atoms with Crippen LogP contribution >= 0.6 is 0 Å². The van der Waals surface area contributed by atoms with Gasteiger partial charge >= 0.3 is 12.0 Å². The van der Waals surface area contributed by atoms with E-state index < -0.39 is 0 Å². The van der Waals surface area contributed by atoms with Crippen molar-refractivity contribution in [2.24, 2.45) is 0 Å². The number of benzene rings is 2. The summed E-state index contributed by atoms with van der Waals surface area (Å²) in [6.45, 7) is 5.47. The molecular weight excluding hydrogens is 382 g/mol. The minimum Gasteiger partial charge on any atom is -0.460 e. The highest BCUT2D eigenvalue weighted by atomic mass is 16.5. The first-order chi connectivity index (χ1) is 14.5. The number of hydrogen-bond acceptors (Lipinski definition) is 5. The Morgan fingerprint density at radius 3 is 2.40 bits per heavy atom. The lowest BCUT2D eigenvalue weighted by atomic mass is 10.1. The molecule has 158 valence electrons. The smallest absolute Gasteiger partial charge is 0.336 e. The van der Waals surface area contributed by atoms with Crippen LogP contribution in [0.4, 0.5) is 10.5 Å². The quantitative estimate of drug-likeness (QED) is 0.573. The molecule has 3 aromatic rings. The highest BCUT2D eigenvalue weighted by molar-refractivity contribution is 5.89. The number of nitrogens with one attached hydrogen (secondary N) is 1. The zero-order chi connectivity index (χ0) is 21.5. The summed E-state index contributed by atoms with van der Waals surface area (Å²) in [6, 6.07) is 15.6. The van der Waals surface area contributed by atoms with Crippen LogP contribution in [0.2, 0.25) is 0 Å². The first-order valence-electron chi connectivity index (χ1n) is 9.81. The third-order valence-corrected chi connectivity index (χ3v) is 4.33. The molecule has 0 atom stereocenters. The van der Waals surface area contributed by atoms with Gasteiger partial charge in [0.1, 0.15) is 6.61 Å². The number of carbonyl (C=O) groups is 1. The lowest BCUT2D eigenvalue weighted by molar-refractivity contribution is 0.106. The molecular formula is C22H27N5O3. The molecule has 8 heteroatoms. The lowest BCUT2D eigenvalue weighted by Gasteiger charge is -2.12. The van der Waals surface area contributed by atoms with Crippen molar-refractivity contribution >= 4 is 11.7 Å². The van der Waals surface area contributed by atoms with Crippen molar-refractivity contribution in [3.63, 3.8) is 0 Å². The highest BCUT2D eigenvalue weighted by Crippen LogP contribution is 2.25. The first-order valence-corrected chi connectivity index (χ1v) is 9.81. The molecule has 0 aliphatic heterocycles. The monoisotopic (exact) mass is 409 g/mol. The largest absolute Gasteiger partial charge is 0.460 e. The number of carbonyl (C=O) groups excluding carboxylic acids is 1. The molecule has 0 saturated heterocycles. The van der Waals surface area contributed by atoms with Gasteiger partial charge < -0.3 is 19.7 Å². The molecule has 0 spiro atoms. The van der Waals surface area contributed by atoms with Crippen molar-refractivity contribution in [3.8, 4) is 23.1 Å². The molecule has 0 aliphatic rings. The summed E-state index contributed by atoms with van der Waals surface area (Å²) >= 11 is 0. The molecule has 1 N–H and O–H groups in total. The molecule has 0 saturated carbocycles. The van der Waals surface area contributed by atoms with Crippen LogP contribution < -0.4 is 10.1 Å². The Bertz CT molecular complexity index is 965. The molecule has 3 rings (SSSR count). The molecule has 0 unspecified atom stereocenters. The number of hydrogen-bond donors (Lipinski definition) is 1. The van der Waals surface area contributed by atoms with Gasteiger partial charge in [0.15, 0.2) is 5.82 Å². The third-order valence-electron chi connectivity index (χ3n) is 4.33. The maximum Gasteiger partial charge on any atom is 0.336 e. The van der Waals surface area contributed by atoms with Crippen LogP contribution in [-0.2, 0) is 4.74 Å². The number of aryl methyl sites for hydroxylation is 1. The van der Waals surface area contributed by atoms with Crippen molar-refractivity contribution in [1.82, 2.24) is 19.7 Å². The Morgan fingerprint density at radius 2 is 1.77 bits per heavy atom. The molecule has 30 heavy (non-hydrogen) atoms. The van der Waals surface area contributed by atoms with Gasteiger partial charge in [0.2, 0.25) is 0 Å². The Kier molecular flexibility index (Phi) is 7.03. The van der Waals surface area contributed by atoms with Gasteiger partial charge in [-0.05, 0) is 38.1 Å². The molecule has 0 radical (unpaired) electrons. The van der Waals surface area contributed by atoms with Crippen molar-refractivity contribution in [2.45, 2.75) is 13.8 Å². The average molecular weight is 409 g/mol. The number of rotatable bonds is 8. The van der Waals surface area contributed by atoms with Gasteiger partial charge in [0.25, 0.3) is 0 Å². The maximum absolute atomic E-state index is 11.8. The Balaban J connectivity index is 1.88. The molecule has 0 aliphatic carbocycles. The summed E-state index contributed by atoms with van der Waals surface area (Å²) in [5.41, 5.74) is 3.60. The van der Waals surface area contributed by atoms with Gasteiger partial charge in [-0.3, -0.25) is 0 Å². The van der Waals surface area contributed by atoms with Gasteiger partial charge in [0.05, 0.1) is 12.3 Å². The summed E-state index contributed by atoms with van der Waals surface area (Å²) in [7, 11) is 3.39. The highest BCUT2D eigenvalue weighted by Gasteiger charge is 2.15. The Labute approximate surface area is 176 Å². The fourth-order valence-electron chi connectivity index (χ4n) is 2.68. The van der Waals surface area contributed by atoms with E-state index >= 15 is 0 Å². The number of nitrogens with zero attached hydrogens (tertiary/aromatic N) is 4. The molecule has 0 fully saturated rings. The minimum atomic E-state index is -0.186. The van der Waals surface area contributed by atoms with Crippen molar-refractivity contribution < 1.29 is 14.3 Å². The Hall–Kier alpha value is -3.39. The van der Waals surface area contributed by atoms with Gasteiger partial charge in [-0.1, -0.05) is 29.8 Å². The lowest BCUT2D eigenvalue weighted by Crippen LogP contribution is -2.27. The van der Waals surface area contributed by atoms with E-state index in [-0.39, 0.29) is 12.0 Å². The topological polar surface area (TPSA) is 81.5 Å². The predicted molar refractivity (Wildman–Crippen MR) is 116 cm³/mol. The zero-order valence-electron chi connectivity index (χ0n) is 17.8. The predicted octanol–water partition coefficient (Wildman–Crippen LogP) is 3.75. The normalized spacial score (nSPS) is 10.7. The van der Waals surface area contributed by atoms with E-state index in [0.717, 1.165) is 11.3 Å². The second kappa shape index (κ2) is 9.89. The maximum atomic E-state index is 11.8. The van der Waals surface area contributed by atoms with Crippen LogP contribution in [0.5, 0.6) is 6.01 Å². The number of ether oxygens (including phenoxy) is 2. The van der Waals surface area contributed by atoms with E-state index in [0.29, 0.717) is 31.3 Å². The van der Waals surface area contributed by atoms with E-state index in [1.54, 1.807) is 18.8 Å². The molecule has 0 bridgehead atoms. The standard InChI is InChI=1S/C22H27N5O3/c1-5-29-14-15-30-21-24-20(17-8-6-16(2)7-9-17)27(25-21)19-12-10-18(11-13-19)23-22(28)26(3)4/h6-13H,5,14-15H2,1-4H3,(H,23,28). The van der Waals surface area contributed by atoms with E-state index in [1.807, 2.05) is 62.4 Å². The molecule has 1 heterocycles. The first kappa shape index (κ1) is 21.3.